The van der Waals surface area contributed by atoms with Gasteiger partial charge in [0, 0.05) is 38.3 Å². The largest absolute Gasteiger partial charge is 0.344 e. The van der Waals surface area contributed by atoms with Crippen LogP contribution >= 0.6 is 0 Å². The number of nitrogens with one attached hydrogen (secondary N) is 2. The van der Waals surface area contributed by atoms with Crippen LogP contribution in [-0.4, -0.2) is 85.8 Å². The fraction of sp³-hybridized carbons (Fsp3) is 0.484. The number of hydrogen-bond acceptors (Lipinski definition) is 6. The lowest BCUT2D eigenvalue weighted by atomic mass is 9.77. The van der Waals surface area contributed by atoms with Crippen LogP contribution < -0.4 is 10.6 Å². The van der Waals surface area contributed by atoms with Gasteiger partial charge in [-0.25, -0.2) is 9.50 Å². The molecule has 220 valence electrons. The number of piperidine rings is 2. The Morgan fingerprint density at radius 1 is 1.02 bits per heavy atom. The van der Waals surface area contributed by atoms with Crippen molar-refractivity contribution < 1.29 is 19.2 Å². The maximum atomic E-state index is 13.8. The molecule has 0 saturated carbocycles. The highest BCUT2D eigenvalue weighted by molar-refractivity contribution is 5.94. The van der Waals surface area contributed by atoms with Crippen molar-refractivity contribution >= 4 is 29.3 Å². The van der Waals surface area contributed by atoms with E-state index in [1.165, 1.54) is 0 Å². The molecular weight excluding hydrogens is 534 g/mol. The first-order valence-electron chi connectivity index (χ1n) is 14.9. The minimum Gasteiger partial charge on any atom is -0.344 e. The molecule has 3 aromatic rings. The summed E-state index contributed by atoms with van der Waals surface area (Å²) in [5, 5.41) is 10.1. The number of rotatable bonds is 4. The van der Waals surface area contributed by atoms with Crippen LogP contribution in [0, 0.1) is 11.8 Å². The van der Waals surface area contributed by atoms with E-state index in [1.807, 2.05) is 46.2 Å². The van der Waals surface area contributed by atoms with E-state index >= 15 is 0 Å². The summed E-state index contributed by atoms with van der Waals surface area (Å²) >= 11 is 0. The van der Waals surface area contributed by atoms with Gasteiger partial charge in [0.1, 0.15) is 12.1 Å². The van der Waals surface area contributed by atoms with Crippen molar-refractivity contribution in [2.45, 2.75) is 63.6 Å². The average Bonchev–Trinajstić information content (AvgIpc) is 3.43. The molecule has 3 aliphatic rings. The number of amides is 4. The number of fused-ring (bicyclic) bond motifs is 5. The first-order valence-corrected chi connectivity index (χ1v) is 14.9. The fourth-order valence-corrected chi connectivity index (χ4v) is 6.86. The Hall–Kier alpha value is -4.28. The highest BCUT2D eigenvalue weighted by Gasteiger charge is 2.45. The van der Waals surface area contributed by atoms with Crippen LogP contribution in [0.2, 0.25) is 0 Å². The second-order valence-electron chi connectivity index (χ2n) is 11.8. The zero-order valence-corrected chi connectivity index (χ0v) is 23.8. The highest BCUT2D eigenvalue weighted by Crippen LogP contribution is 2.36. The summed E-state index contributed by atoms with van der Waals surface area (Å²) in [5.41, 5.74) is 2.13. The van der Waals surface area contributed by atoms with Crippen LogP contribution in [0.5, 0.6) is 0 Å². The SMILES string of the molecule is C[C@H]1NC(=O)[C@H](CCc2ccccc2)NC(=O)CCC[C@H]2[C@@H]3C[C@@H](CN(C(=O)c4cnc5cccnn45)C3)CN2C1=O. The molecule has 6 rings (SSSR count). The summed E-state index contributed by atoms with van der Waals surface area (Å²) < 4.78 is 1.56. The van der Waals surface area contributed by atoms with Gasteiger partial charge in [0.15, 0.2) is 11.3 Å². The number of aromatic nitrogens is 3. The zero-order valence-electron chi connectivity index (χ0n) is 23.8. The first kappa shape index (κ1) is 27.9. The predicted octanol–water partition coefficient (Wildman–Crippen LogP) is 1.82. The number of aryl methyl sites for hydroxylation is 1. The van der Waals surface area contributed by atoms with Crippen molar-refractivity contribution in [3.63, 3.8) is 0 Å². The average molecular weight is 572 g/mol. The number of likely N-dealkylation sites (tertiary alicyclic amines) is 1. The number of carbonyl (C=O) groups excluding carboxylic acids is 4. The molecule has 0 spiro atoms. The quantitative estimate of drug-likeness (QED) is 0.492. The van der Waals surface area contributed by atoms with Gasteiger partial charge in [-0.1, -0.05) is 30.3 Å². The van der Waals surface area contributed by atoms with Gasteiger partial charge in [-0.15, -0.1) is 0 Å². The molecule has 3 saturated heterocycles. The lowest BCUT2D eigenvalue weighted by Crippen LogP contribution is -2.63. The number of carbonyl (C=O) groups is 4. The predicted molar refractivity (Wildman–Crippen MR) is 154 cm³/mol. The van der Waals surface area contributed by atoms with Crippen LogP contribution in [0.4, 0.5) is 0 Å². The minimum atomic E-state index is -0.726. The Morgan fingerprint density at radius 3 is 2.69 bits per heavy atom. The maximum Gasteiger partial charge on any atom is 0.274 e. The van der Waals surface area contributed by atoms with Gasteiger partial charge in [0.2, 0.25) is 17.7 Å². The molecule has 42 heavy (non-hydrogen) atoms. The Labute approximate surface area is 244 Å². The minimum absolute atomic E-state index is 0.0741. The first-order chi connectivity index (χ1) is 20.4. The van der Waals surface area contributed by atoms with E-state index in [1.54, 1.807) is 29.9 Å². The molecule has 3 aliphatic heterocycles. The van der Waals surface area contributed by atoms with Gasteiger partial charge in [-0.3, -0.25) is 19.2 Å². The summed E-state index contributed by atoms with van der Waals surface area (Å²) in [6, 6.07) is 11.9. The smallest absolute Gasteiger partial charge is 0.274 e. The summed E-state index contributed by atoms with van der Waals surface area (Å²) in [5.74, 6) is -0.535. The second-order valence-corrected chi connectivity index (χ2v) is 11.8. The van der Waals surface area contributed by atoms with Gasteiger partial charge >= 0.3 is 0 Å². The third kappa shape index (κ3) is 5.73. The lowest BCUT2D eigenvalue weighted by Gasteiger charge is -2.51. The number of nitrogens with zero attached hydrogens (tertiary/aromatic N) is 5. The fourth-order valence-electron chi connectivity index (χ4n) is 6.86. The van der Waals surface area contributed by atoms with Crippen molar-refractivity contribution in [3.8, 4) is 0 Å². The molecule has 11 nitrogen and oxygen atoms in total. The van der Waals surface area contributed by atoms with Crippen molar-refractivity contribution in [1.82, 2.24) is 35.0 Å². The van der Waals surface area contributed by atoms with Crippen molar-refractivity contribution in [2.24, 2.45) is 11.8 Å². The second kappa shape index (κ2) is 11.9. The van der Waals surface area contributed by atoms with Crippen LogP contribution in [0.1, 0.15) is 55.1 Å². The molecule has 2 bridgehead atoms. The molecular formula is C31H37N7O4. The number of benzene rings is 1. The van der Waals surface area contributed by atoms with E-state index in [0.717, 1.165) is 12.0 Å². The summed E-state index contributed by atoms with van der Waals surface area (Å²) in [4.78, 5) is 61.7. The van der Waals surface area contributed by atoms with Gasteiger partial charge in [0.05, 0.1) is 6.20 Å². The topological polar surface area (TPSA) is 129 Å². The molecule has 4 amide bonds. The monoisotopic (exact) mass is 571 g/mol. The molecule has 11 heteroatoms. The molecule has 1 aromatic carbocycles. The molecule has 5 atom stereocenters. The third-order valence-corrected chi connectivity index (χ3v) is 8.89. The van der Waals surface area contributed by atoms with Crippen LogP contribution in [0.3, 0.4) is 0 Å². The Bertz CT molecular complexity index is 1470. The molecule has 0 unspecified atom stereocenters. The van der Waals surface area contributed by atoms with Gasteiger partial charge in [-0.2, -0.15) is 5.10 Å². The molecule has 2 N–H and O–H groups in total. The van der Waals surface area contributed by atoms with Crippen molar-refractivity contribution in [2.75, 3.05) is 19.6 Å². The van der Waals surface area contributed by atoms with Gasteiger partial charge in [0.25, 0.3) is 5.91 Å². The highest BCUT2D eigenvalue weighted by atomic mass is 16.2. The molecule has 3 fully saturated rings. The number of imidazole rings is 1. The lowest BCUT2D eigenvalue weighted by molar-refractivity contribution is -0.145. The number of hydrogen-bond donors (Lipinski definition) is 2. The summed E-state index contributed by atoms with van der Waals surface area (Å²) in [6.45, 7) is 3.28. The van der Waals surface area contributed by atoms with Gasteiger partial charge < -0.3 is 20.4 Å². The van der Waals surface area contributed by atoms with E-state index in [0.29, 0.717) is 56.7 Å². The Kier molecular flexibility index (Phi) is 7.90. The molecule has 5 heterocycles. The molecule has 0 radical (unpaired) electrons. The van der Waals surface area contributed by atoms with Crippen LogP contribution in [-0.2, 0) is 20.8 Å². The maximum absolute atomic E-state index is 13.8. The third-order valence-electron chi connectivity index (χ3n) is 8.89. The van der Waals surface area contributed by atoms with E-state index in [9.17, 15) is 19.2 Å². The molecule has 2 aromatic heterocycles. The van der Waals surface area contributed by atoms with Crippen molar-refractivity contribution in [1.29, 1.82) is 0 Å². The zero-order chi connectivity index (χ0) is 29.2. The van der Waals surface area contributed by atoms with E-state index in [-0.39, 0.29) is 47.9 Å². The summed E-state index contributed by atoms with van der Waals surface area (Å²) in [6.07, 6.45) is 6.72. The van der Waals surface area contributed by atoms with E-state index in [2.05, 4.69) is 20.7 Å². The Morgan fingerprint density at radius 2 is 1.86 bits per heavy atom. The van der Waals surface area contributed by atoms with Crippen molar-refractivity contribution in [3.05, 3.63) is 66.1 Å². The molecule has 0 aliphatic carbocycles. The van der Waals surface area contributed by atoms with Crippen LogP contribution in [0.25, 0.3) is 5.65 Å². The van der Waals surface area contributed by atoms with Crippen LogP contribution in [0.15, 0.2) is 54.9 Å². The Balaban J connectivity index is 1.17. The standard InChI is InChI=1S/C31H37N7O4/c1-20-30(41)37-18-22-15-23(19-36(17-22)31(42)26-16-32-27-10-6-14-33-38(26)27)25(37)9-5-11-28(39)35-24(29(40)34-20)13-12-21-7-3-2-4-8-21/h2-4,6-8,10,14,16,20,22-25H,5,9,11-13,15,17-19H2,1H3,(H,34,40)(H,35,39)/t20-,22+,23-,24+,25+/m1/s1. The normalized spacial score (nSPS) is 27.0. The van der Waals surface area contributed by atoms with Gasteiger partial charge in [-0.05, 0) is 68.6 Å². The van der Waals surface area contributed by atoms with E-state index < -0.39 is 12.1 Å². The van der Waals surface area contributed by atoms with E-state index in [4.69, 9.17) is 0 Å². The summed E-state index contributed by atoms with van der Waals surface area (Å²) in [7, 11) is 0.